The number of morpholine rings is 1. The molecule has 0 aromatic heterocycles. The van der Waals surface area contributed by atoms with Gasteiger partial charge < -0.3 is 14.4 Å². The Morgan fingerprint density at radius 1 is 0.964 bits per heavy atom. The summed E-state index contributed by atoms with van der Waals surface area (Å²) in [5.41, 5.74) is 2.69. The Labute approximate surface area is 166 Å². The molecule has 0 unspecified atom stereocenters. The first kappa shape index (κ1) is 19.2. The van der Waals surface area contributed by atoms with E-state index in [0.717, 1.165) is 25.9 Å². The first-order chi connectivity index (χ1) is 13.6. The average Bonchev–Trinajstić information content (AvgIpc) is 2.75. The van der Waals surface area contributed by atoms with Crippen LogP contribution in [0.15, 0.2) is 53.4 Å². The fourth-order valence-corrected chi connectivity index (χ4v) is 5.17. The molecule has 0 bridgehead atoms. The zero-order valence-electron chi connectivity index (χ0n) is 15.9. The molecule has 150 valence electrons. The number of fused-ring (bicyclic) bond motifs is 1. The monoisotopic (exact) mass is 402 g/mol. The number of rotatable bonds is 6. The lowest BCUT2D eigenvalue weighted by atomic mass is 10.0. The van der Waals surface area contributed by atoms with Gasteiger partial charge in [0.15, 0.2) is 0 Å². The van der Waals surface area contributed by atoms with E-state index in [1.807, 2.05) is 0 Å². The van der Waals surface area contributed by atoms with Crippen LogP contribution in [0.1, 0.15) is 12.0 Å². The molecule has 1 fully saturated rings. The summed E-state index contributed by atoms with van der Waals surface area (Å²) in [5, 5.41) is 0. The molecule has 0 saturated carbocycles. The standard InChI is InChI=1S/C21H26N2O4S/c24-28(25,23-13-15-26-16-14-23)20-9-7-19(8-10-20)27-17-12-22-11-3-5-18-4-1-2-6-21(18)22/h1-2,4,6-10H,3,5,11-17H2. The van der Waals surface area contributed by atoms with Crippen molar-refractivity contribution < 1.29 is 17.9 Å². The molecular weight excluding hydrogens is 376 g/mol. The van der Waals surface area contributed by atoms with Gasteiger partial charge in [-0.1, -0.05) is 18.2 Å². The van der Waals surface area contributed by atoms with E-state index >= 15 is 0 Å². The van der Waals surface area contributed by atoms with Crippen LogP contribution in [0.5, 0.6) is 5.75 Å². The van der Waals surface area contributed by atoms with Crippen LogP contribution in [0.3, 0.4) is 0 Å². The number of benzene rings is 2. The van der Waals surface area contributed by atoms with E-state index in [2.05, 4.69) is 29.2 Å². The Morgan fingerprint density at radius 2 is 1.71 bits per heavy atom. The second-order valence-electron chi connectivity index (χ2n) is 7.06. The van der Waals surface area contributed by atoms with Gasteiger partial charge in [-0.15, -0.1) is 0 Å². The Balaban J connectivity index is 1.34. The van der Waals surface area contributed by atoms with E-state index in [0.29, 0.717) is 43.6 Å². The highest BCUT2D eigenvalue weighted by Crippen LogP contribution is 2.26. The van der Waals surface area contributed by atoms with E-state index in [9.17, 15) is 8.42 Å². The van der Waals surface area contributed by atoms with Gasteiger partial charge in [0.05, 0.1) is 24.7 Å². The van der Waals surface area contributed by atoms with Crippen LogP contribution in [0, 0.1) is 0 Å². The Hall–Kier alpha value is -2.09. The Kier molecular flexibility index (Phi) is 5.85. The van der Waals surface area contributed by atoms with Crippen LogP contribution in [-0.2, 0) is 21.2 Å². The fourth-order valence-electron chi connectivity index (χ4n) is 3.76. The van der Waals surface area contributed by atoms with Crippen molar-refractivity contribution in [1.29, 1.82) is 0 Å². The van der Waals surface area contributed by atoms with Gasteiger partial charge in [0.2, 0.25) is 10.0 Å². The predicted molar refractivity (Wildman–Crippen MR) is 108 cm³/mol. The molecular formula is C21H26N2O4S. The van der Waals surface area contributed by atoms with Crippen LogP contribution in [0.25, 0.3) is 0 Å². The maximum atomic E-state index is 12.7. The van der Waals surface area contributed by atoms with Gasteiger partial charge >= 0.3 is 0 Å². The van der Waals surface area contributed by atoms with Crippen LogP contribution in [0.4, 0.5) is 5.69 Å². The van der Waals surface area contributed by atoms with Crippen molar-refractivity contribution in [2.75, 3.05) is 50.9 Å². The largest absolute Gasteiger partial charge is 0.492 e. The number of hydrogen-bond acceptors (Lipinski definition) is 5. The molecule has 1 saturated heterocycles. The third-order valence-electron chi connectivity index (χ3n) is 5.27. The highest BCUT2D eigenvalue weighted by molar-refractivity contribution is 7.89. The number of para-hydroxylation sites is 1. The highest BCUT2D eigenvalue weighted by atomic mass is 32.2. The molecule has 2 heterocycles. The average molecular weight is 403 g/mol. The summed E-state index contributed by atoms with van der Waals surface area (Å²) in [6.45, 7) is 4.10. The maximum Gasteiger partial charge on any atom is 0.243 e. The van der Waals surface area contributed by atoms with Crippen LogP contribution < -0.4 is 9.64 Å². The van der Waals surface area contributed by atoms with Crippen molar-refractivity contribution in [2.24, 2.45) is 0 Å². The minimum absolute atomic E-state index is 0.298. The second-order valence-corrected chi connectivity index (χ2v) is 8.99. The molecule has 2 aliphatic heterocycles. The summed E-state index contributed by atoms with van der Waals surface area (Å²) < 4.78 is 37.9. The fraction of sp³-hybridized carbons (Fsp3) is 0.429. The molecule has 0 atom stereocenters. The van der Waals surface area contributed by atoms with Crippen molar-refractivity contribution in [3.05, 3.63) is 54.1 Å². The summed E-state index contributed by atoms with van der Waals surface area (Å²) in [7, 11) is -3.46. The second kappa shape index (κ2) is 8.51. The zero-order valence-corrected chi connectivity index (χ0v) is 16.7. The van der Waals surface area contributed by atoms with Gasteiger partial charge in [0.25, 0.3) is 0 Å². The first-order valence-corrected chi connectivity index (χ1v) is 11.2. The van der Waals surface area contributed by atoms with Gasteiger partial charge in [-0.3, -0.25) is 0 Å². The molecule has 6 nitrogen and oxygen atoms in total. The van der Waals surface area contributed by atoms with Gasteiger partial charge in [0, 0.05) is 25.3 Å². The van der Waals surface area contributed by atoms with Gasteiger partial charge in [0.1, 0.15) is 12.4 Å². The van der Waals surface area contributed by atoms with E-state index < -0.39 is 10.0 Å². The maximum absolute atomic E-state index is 12.7. The molecule has 2 aromatic carbocycles. The molecule has 0 N–H and O–H groups in total. The van der Waals surface area contributed by atoms with Crippen molar-refractivity contribution in [2.45, 2.75) is 17.7 Å². The number of anilines is 1. The zero-order chi connectivity index (χ0) is 19.4. The molecule has 7 heteroatoms. The number of aryl methyl sites for hydroxylation is 1. The Bertz CT molecular complexity index is 893. The van der Waals surface area contributed by atoms with Crippen molar-refractivity contribution in [3.63, 3.8) is 0 Å². The molecule has 4 rings (SSSR count). The van der Waals surface area contributed by atoms with Gasteiger partial charge in [-0.25, -0.2) is 8.42 Å². The summed E-state index contributed by atoms with van der Waals surface area (Å²) in [4.78, 5) is 2.66. The number of nitrogens with zero attached hydrogens (tertiary/aromatic N) is 2. The van der Waals surface area contributed by atoms with Crippen molar-refractivity contribution in [1.82, 2.24) is 4.31 Å². The van der Waals surface area contributed by atoms with Crippen LogP contribution in [0.2, 0.25) is 0 Å². The third kappa shape index (κ3) is 4.16. The summed E-state index contributed by atoms with van der Waals surface area (Å²) in [6, 6.07) is 15.2. The third-order valence-corrected chi connectivity index (χ3v) is 7.18. The SMILES string of the molecule is O=S(=O)(c1ccc(OCCN2CCCc3ccccc32)cc1)N1CCOCC1. The minimum atomic E-state index is -3.46. The molecule has 28 heavy (non-hydrogen) atoms. The van der Waals surface area contributed by atoms with Gasteiger partial charge in [-0.05, 0) is 48.7 Å². The first-order valence-electron chi connectivity index (χ1n) is 9.78. The lowest BCUT2D eigenvalue weighted by Crippen LogP contribution is -2.40. The summed E-state index contributed by atoms with van der Waals surface area (Å²) in [6.07, 6.45) is 2.29. The van der Waals surface area contributed by atoms with E-state index in [4.69, 9.17) is 9.47 Å². The molecule has 0 spiro atoms. The minimum Gasteiger partial charge on any atom is -0.492 e. The summed E-state index contributed by atoms with van der Waals surface area (Å²) in [5.74, 6) is 0.686. The number of hydrogen-bond donors (Lipinski definition) is 0. The Morgan fingerprint density at radius 3 is 2.50 bits per heavy atom. The van der Waals surface area contributed by atoms with E-state index in [-0.39, 0.29) is 0 Å². The predicted octanol–water partition coefficient (Wildman–Crippen LogP) is 2.54. The van der Waals surface area contributed by atoms with Crippen molar-refractivity contribution in [3.8, 4) is 5.75 Å². The number of sulfonamides is 1. The molecule has 2 aliphatic rings. The smallest absolute Gasteiger partial charge is 0.243 e. The molecule has 0 aliphatic carbocycles. The molecule has 0 amide bonds. The number of ether oxygens (including phenoxy) is 2. The van der Waals surface area contributed by atoms with E-state index in [1.165, 1.54) is 15.6 Å². The van der Waals surface area contributed by atoms with Crippen LogP contribution in [-0.4, -0.2) is 58.7 Å². The highest BCUT2D eigenvalue weighted by Gasteiger charge is 2.26. The summed E-state index contributed by atoms with van der Waals surface area (Å²) >= 11 is 0. The van der Waals surface area contributed by atoms with Crippen LogP contribution >= 0.6 is 0 Å². The molecule has 2 aromatic rings. The lowest BCUT2D eigenvalue weighted by molar-refractivity contribution is 0.0730. The van der Waals surface area contributed by atoms with E-state index in [1.54, 1.807) is 24.3 Å². The van der Waals surface area contributed by atoms with Crippen molar-refractivity contribution >= 4 is 15.7 Å². The topological polar surface area (TPSA) is 59.1 Å². The van der Waals surface area contributed by atoms with Gasteiger partial charge in [-0.2, -0.15) is 4.31 Å². The molecule has 0 radical (unpaired) electrons. The normalized spacial score (nSPS) is 17.9. The quantitative estimate of drug-likeness (QED) is 0.743. The lowest BCUT2D eigenvalue weighted by Gasteiger charge is -2.31.